The smallest absolute Gasteiger partial charge is 0.343 e. The Bertz CT molecular complexity index is 865. The lowest BCUT2D eigenvalue weighted by Crippen LogP contribution is -2.91. The van der Waals surface area contributed by atoms with Crippen LogP contribution in [0.3, 0.4) is 0 Å². The molecule has 1 aromatic carbocycles. The van der Waals surface area contributed by atoms with Crippen molar-refractivity contribution in [3.63, 3.8) is 0 Å². The second kappa shape index (κ2) is 6.41. The molecule has 0 radical (unpaired) electrons. The van der Waals surface area contributed by atoms with Crippen molar-refractivity contribution in [2.75, 3.05) is 27.4 Å². The van der Waals surface area contributed by atoms with Gasteiger partial charge in [-0.25, -0.2) is 4.99 Å². The Balaban J connectivity index is 2.21. The molecule has 1 heterocycles. The molecule has 142 valence electrons. The van der Waals surface area contributed by atoms with Crippen molar-refractivity contribution in [2.45, 2.75) is 25.7 Å². The van der Waals surface area contributed by atoms with Gasteiger partial charge >= 0.3 is 5.91 Å². The van der Waals surface area contributed by atoms with Crippen LogP contribution in [0.25, 0.3) is 0 Å². The maximum Gasteiger partial charge on any atom is 0.343 e. The van der Waals surface area contributed by atoms with Gasteiger partial charge < -0.3 is 18.9 Å². The summed E-state index contributed by atoms with van der Waals surface area (Å²) in [5.74, 6) is -0.804. The highest BCUT2D eigenvalue weighted by atomic mass is 16.7. The number of nitrogens with one attached hydrogen (secondary N) is 1. The third-order valence-electron chi connectivity index (χ3n) is 5.44. The number of rotatable bonds is 7. The summed E-state index contributed by atoms with van der Waals surface area (Å²) in [7, 11) is 3.07. The third kappa shape index (κ3) is 2.05. The number of benzene rings is 1. The summed E-state index contributed by atoms with van der Waals surface area (Å²) in [5, 5.41) is 20.3. The lowest BCUT2D eigenvalue weighted by atomic mass is 9.93. The minimum absolute atomic E-state index is 0.174. The number of nitrogens with zero attached hydrogens (tertiary/aromatic N) is 2. The maximum absolute atomic E-state index is 10.2. The highest BCUT2D eigenvalue weighted by Crippen LogP contribution is 2.78. The third-order valence-corrected chi connectivity index (χ3v) is 5.44. The zero-order chi connectivity index (χ0) is 19.9. The lowest BCUT2D eigenvalue weighted by molar-refractivity contribution is -0.693. The van der Waals surface area contributed by atoms with E-state index in [9.17, 15) is 10.5 Å². The average Bonchev–Trinajstić information content (AvgIpc) is 3.26. The van der Waals surface area contributed by atoms with Crippen LogP contribution in [0, 0.1) is 33.5 Å². The number of nitriles is 2. The Labute approximate surface area is 158 Å². The first-order chi connectivity index (χ1) is 13.0. The summed E-state index contributed by atoms with van der Waals surface area (Å²) in [6.45, 7) is 4.15. The van der Waals surface area contributed by atoms with E-state index in [1.54, 1.807) is 39.2 Å². The molecule has 3 N–H and O–H groups in total. The second-order valence-electron chi connectivity index (χ2n) is 6.41. The fourth-order valence-corrected chi connectivity index (χ4v) is 4.39. The lowest BCUT2D eigenvalue weighted by Gasteiger charge is -2.29. The van der Waals surface area contributed by atoms with E-state index in [1.165, 1.54) is 7.11 Å². The molecule has 3 rings (SSSR count). The highest BCUT2D eigenvalue weighted by Gasteiger charge is 2.97. The molecule has 8 nitrogen and oxygen atoms in total. The minimum atomic E-state index is -1.50. The predicted octanol–water partition coefficient (Wildman–Crippen LogP) is -0.000840. The van der Waals surface area contributed by atoms with Gasteiger partial charge in [-0.15, -0.1) is 0 Å². The van der Waals surface area contributed by atoms with Crippen molar-refractivity contribution < 1.29 is 23.9 Å². The van der Waals surface area contributed by atoms with Crippen molar-refractivity contribution in [2.24, 2.45) is 16.6 Å². The van der Waals surface area contributed by atoms with Gasteiger partial charge in [-0.1, -0.05) is 6.07 Å². The number of methoxy groups -OCH3 is 2. The molecule has 0 saturated heterocycles. The normalized spacial score (nSPS) is 29.9. The van der Waals surface area contributed by atoms with Gasteiger partial charge in [-0.3, -0.25) is 5.73 Å². The first-order valence-corrected chi connectivity index (χ1v) is 8.71. The number of fused-ring (bicyclic) bond motifs is 1. The van der Waals surface area contributed by atoms with Gasteiger partial charge in [0.25, 0.3) is 5.84 Å². The van der Waals surface area contributed by atoms with Crippen LogP contribution in [-0.4, -0.2) is 39.2 Å². The number of ether oxygens (including phenoxy) is 4. The first kappa shape index (κ1) is 19.0. The van der Waals surface area contributed by atoms with Crippen molar-refractivity contribution >= 4 is 5.84 Å². The van der Waals surface area contributed by atoms with Gasteiger partial charge in [0.15, 0.2) is 22.3 Å². The number of nitrogens with two attached hydrogens (primary N) is 1. The van der Waals surface area contributed by atoms with E-state index in [-0.39, 0.29) is 19.0 Å². The molecule has 0 bridgehead atoms. The fraction of sp³-hybridized carbons (Fsp3) is 0.526. The van der Waals surface area contributed by atoms with Crippen molar-refractivity contribution in [3.8, 4) is 23.6 Å². The van der Waals surface area contributed by atoms with Crippen LogP contribution in [0.4, 0.5) is 0 Å². The molecule has 1 aliphatic carbocycles. The van der Waals surface area contributed by atoms with Crippen molar-refractivity contribution in [1.29, 1.82) is 10.5 Å². The number of amidine groups is 1. The van der Waals surface area contributed by atoms with Crippen LogP contribution in [0.1, 0.15) is 25.3 Å². The summed E-state index contributed by atoms with van der Waals surface area (Å²) < 4.78 is 22.4. The van der Waals surface area contributed by atoms with E-state index < -0.39 is 22.7 Å². The van der Waals surface area contributed by atoms with Crippen LogP contribution < -0.4 is 20.2 Å². The van der Waals surface area contributed by atoms with E-state index in [4.69, 9.17) is 24.7 Å². The van der Waals surface area contributed by atoms with Crippen molar-refractivity contribution in [1.82, 2.24) is 0 Å². The molecule has 1 fully saturated rings. The molecular formula is C19H23N4O4+. The Morgan fingerprint density at radius 3 is 2.19 bits per heavy atom. The zero-order valence-electron chi connectivity index (χ0n) is 15.8. The topological polar surface area (TPSA) is 124 Å². The number of hydrogen-bond acceptors (Lipinski definition) is 7. The molecule has 8 heteroatoms. The molecule has 0 amide bonds. The Kier molecular flexibility index (Phi) is 4.51. The fourth-order valence-electron chi connectivity index (χ4n) is 4.39. The molecule has 1 saturated carbocycles. The van der Waals surface area contributed by atoms with Crippen LogP contribution in [-0.2, 0) is 9.47 Å². The summed E-state index contributed by atoms with van der Waals surface area (Å²) in [6.07, 6.45) is 0. The van der Waals surface area contributed by atoms with Gasteiger partial charge in [0.1, 0.15) is 0 Å². The van der Waals surface area contributed by atoms with E-state index in [1.807, 2.05) is 0 Å². The summed E-state index contributed by atoms with van der Waals surface area (Å²) in [6, 6.07) is 9.87. The van der Waals surface area contributed by atoms with Gasteiger partial charge in [-0.2, -0.15) is 10.5 Å². The summed E-state index contributed by atoms with van der Waals surface area (Å²) in [4.78, 5) is 2.95. The van der Waals surface area contributed by atoms with Gasteiger partial charge in [0.2, 0.25) is 0 Å². The van der Waals surface area contributed by atoms with Crippen LogP contribution >= 0.6 is 0 Å². The summed E-state index contributed by atoms with van der Waals surface area (Å²) in [5.41, 5.74) is 4.36. The largest absolute Gasteiger partial charge is 0.493 e. The second-order valence-corrected chi connectivity index (χ2v) is 6.41. The first-order valence-electron chi connectivity index (χ1n) is 8.71. The molecule has 0 spiro atoms. The minimum Gasteiger partial charge on any atom is -0.493 e. The van der Waals surface area contributed by atoms with Gasteiger partial charge in [0.05, 0.1) is 39.6 Å². The molecule has 27 heavy (non-hydrogen) atoms. The number of hydrogen-bond donors (Lipinski definition) is 2. The van der Waals surface area contributed by atoms with Crippen LogP contribution in [0.15, 0.2) is 18.2 Å². The molecule has 0 unspecified atom stereocenters. The quantitative estimate of drug-likeness (QED) is 0.646. The van der Waals surface area contributed by atoms with E-state index in [0.29, 0.717) is 11.5 Å². The van der Waals surface area contributed by atoms with Crippen molar-refractivity contribution in [3.05, 3.63) is 23.8 Å². The van der Waals surface area contributed by atoms with Gasteiger partial charge in [-0.05, 0) is 31.5 Å². The SMILES string of the molecule is CCOC1(OCC)[NH+]=C(N)[C@@]2(C#N)[C@H](c3ccc(OC)c(OC)c3)[C@@]12C#N. The standard InChI is InChI=1S/C19H22N4O4/c1-5-26-19(27-6-2)18(11-21)15(17(18,10-20)16(22)23-19)12-7-8-13(24-3)14(9-12)25-4/h7-9,15H,5-6H2,1-4H3,(H2,22,23)/p+1/t15-,17+,18+/m0/s1. The van der Waals surface area contributed by atoms with Crippen LogP contribution in [0.2, 0.25) is 0 Å². The molecule has 0 aromatic heterocycles. The Morgan fingerprint density at radius 1 is 1.07 bits per heavy atom. The van der Waals surface area contributed by atoms with Crippen LogP contribution in [0.5, 0.6) is 11.5 Å². The molecular weight excluding hydrogens is 348 g/mol. The predicted molar refractivity (Wildman–Crippen MR) is 94.5 cm³/mol. The average molecular weight is 371 g/mol. The monoisotopic (exact) mass is 371 g/mol. The Hall–Kier alpha value is -2.81. The molecule has 1 aliphatic heterocycles. The van der Waals surface area contributed by atoms with E-state index in [0.717, 1.165) is 5.56 Å². The molecule has 2 aliphatic rings. The zero-order valence-corrected chi connectivity index (χ0v) is 15.8. The maximum atomic E-state index is 10.2. The van der Waals surface area contributed by atoms with E-state index in [2.05, 4.69) is 17.1 Å². The Morgan fingerprint density at radius 2 is 1.70 bits per heavy atom. The highest BCUT2D eigenvalue weighted by molar-refractivity contribution is 5.95. The molecule has 1 aromatic rings. The van der Waals surface area contributed by atoms with E-state index >= 15 is 0 Å². The van der Waals surface area contributed by atoms with Gasteiger partial charge in [0, 0.05) is 5.92 Å². The summed E-state index contributed by atoms with van der Waals surface area (Å²) >= 11 is 0. The molecule has 3 atom stereocenters.